The van der Waals surface area contributed by atoms with E-state index in [4.69, 9.17) is 0 Å². The Morgan fingerprint density at radius 3 is 2.38 bits per heavy atom. The van der Waals surface area contributed by atoms with Gasteiger partial charge in [0.05, 0.1) is 0 Å². The van der Waals surface area contributed by atoms with E-state index in [9.17, 15) is 13.2 Å². The Kier molecular flexibility index (Phi) is 4.62. The molecule has 1 fully saturated rings. The van der Waals surface area contributed by atoms with Gasteiger partial charge in [-0.2, -0.15) is 0 Å². The quantitative estimate of drug-likeness (QED) is 0.755. The van der Waals surface area contributed by atoms with E-state index in [2.05, 4.69) is 5.32 Å². The molecule has 0 aliphatic carbocycles. The zero-order valence-corrected chi connectivity index (χ0v) is 9.42. The molecule has 0 unspecified atom stereocenters. The van der Waals surface area contributed by atoms with Crippen molar-refractivity contribution < 1.29 is 13.2 Å². The van der Waals surface area contributed by atoms with Crippen molar-refractivity contribution in [3.8, 4) is 0 Å². The molecule has 90 valence electrons. The first-order valence-electron chi connectivity index (χ1n) is 5.07. The van der Waals surface area contributed by atoms with Crippen LogP contribution in [-0.4, -0.2) is 6.54 Å². The van der Waals surface area contributed by atoms with Crippen molar-refractivity contribution in [2.24, 2.45) is 0 Å². The van der Waals surface area contributed by atoms with Crippen LogP contribution in [0.4, 0.5) is 13.2 Å². The van der Waals surface area contributed by atoms with E-state index >= 15 is 0 Å². The summed E-state index contributed by atoms with van der Waals surface area (Å²) in [7, 11) is 0. The summed E-state index contributed by atoms with van der Waals surface area (Å²) in [5.41, 5.74) is -0.158. The molecule has 1 aliphatic heterocycles. The van der Waals surface area contributed by atoms with E-state index in [0.717, 1.165) is 31.5 Å². The number of nitrogens with one attached hydrogen (secondary N) is 1. The van der Waals surface area contributed by atoms with Gasteiger partial charge in [0.2, 0.25) is 0 Å². The van der Waals surface area contributed by atoms with Crippen LogP contribution in [0.2, 0.25) is 0 Å². The second-order valence-corrected chi connectivity index (χ2v) is 3.76. The van der Waals surface area contributed by atoms with Crippen molar-refractivity contribution in [2.45, 2.75) is 25.3 Å². The molecule has 0 bridgehead atoms. The molecule has 0 saturated carbocycles. The van der Waals surface area contributed by atoms with Gasteiger partial charge in [-0.3, -0.25) is 0 Å². The SMILES string of the molecule is Cl.Fc1ccc(F)c([C@H]2CCCCN2)c1F. The maximum absolute atomic E-state index is 13.4. The van der Waals surface area contributed by atoms with Crippen molar-refractivity contribution in [2.75, 3.05) is 6.54 Å². The number of hydrogen-bond acceptors (Lipinski definition) is 1. The fourth-order valence-corrected chi connectivity index (χ4v) is 1.96. The minimum Gasteiger partial charge on any atom is -0.310 e. The third kappa shape index (κ3) is 2.50. The highest BCUT2D eigenvalue weighted by atomic mass is 35.5. The van der Waals surface area contributed by atoms with Gasteiger partial charge < -0.3 is 5.32 Å². The van der Waals surface area contributed by atoms with Gasteiger partial charge in [0, 0.05) is 11.6 Å². The summed E-state index contributed by atoms with van der Waals surface area (Å²) < 4.78 is 39.7. The van der Waals surface area contributed by atoms with Gasteiger partial charge >= 0.3 is 0 Å². The summed E-state index contributed by atoms with van der Waals surface area (Å²) >= 11 is 0. The summed E-state index contributed by atoms with van der Waals surface area (Å²) in [6.45, 7) is 0.722. The van der Waals surface area contributed by atoms with Crippen LogP contribution >= 0.6 is 12.4 Å². The Bertz CT molecular complexity index is 364. The molecule has 1 heterocycles. The third-order valence-electron chi connectivity index (χ3n) is 2.74. The van der Waals surface area contributed by atoms with Gasteiger partial charge in [0.1, 0.15) is 5.82 Å². The smallest absolute Gasteiger partial charge is 0.166 e. The number of piperidine rings is 1. The molecule has 2 rings (SSSR count). The fourth-order valence-electron chi connectivity index (χ4n) is 1.96. The molecule has 1 nitrogen and oxygen atoms in total. The van der Waals surface area contributed by atoms with Gasteiger partial charge in [-0.25, -0.2) is 13.2 Å². The number of halogens is 4. The molecule has 16 heavy (non-hydrogen) atoms. The number of hydrogen-bond donors (Lipinski definition) is 1. The highest BCUT2D eigenvalue weighted by Gasteiger charge is 2.23. The maximum atomic E-state index is 13.4. The molecule has 0 amide bonds. The van der Waals surface area contributed by atoms with Crippen LogP contribution in [0.5, 0.6) is 0 Å². The topological polar surface area (TPSA) is 12.0 Å². The lowest BCUT2D eigenvalue weighted by atomic mass is 9.96. The van der Waals surface area contributed by atoms with E-state index in [0.29, 0.717) is 6.42 Å². The van der Waals surface area contributed by atoms with E-state index in [1.54, 1.807) is 0 Å². The van der Waals surface area contributed by atoms with Crippen LogP contribution in [-0.2, 0) is 0 Å². The fraction of sp³-hybridized carbons (Fsp3) is 0.455. The van der Waals surface area contributed by atoms with Crippen LogP contribution in [0.3, 0.4) is 0 Å². The first kappa shape index (κ1) is 13.3. The molecule has 5 heteroatoms. The molecular formula is C11H13ClF3N. The van der Waals surface area contributed by atoms with Gasteiger partial charge in [-0.05, 0) is 31.5 Å². The zero-order valence-electron chi connectivity index (χ0n) is 8.60. The van der Waals surface area contributed by atoms with E-state index < -0.39 is 23.5 Å². The van der Waals surface area contributed by atoms with Crippen LogP contribution in [0.25, 0.3) is 0 Å². The van der Waals surface area contributed by atoms with E-state index in [1.807, 2.05) is 0 Å². The average molecular weight is 252 g/mol. The van der Waals surface area contributed by atoms with Crippen molar-refractivity contribution in [1.29, 1.82) is 0 Å². The lowest BCUT2D eigenvalue weighted by Crippen LogP contribution is -2.28. The molecule has 0 spiro atoms. The second kappa shape index (κ2) is 5.55. The lowest BCUT2D eigenvalue weighted by molar-refractivity contribution is 0.375. The summed E-state index contributed by atoms with van der Waals surface area (Å²) in [5.74, 6) is -2.72. The second-order valence-electron chi connectivity index (χ2n) is 3.76. The number of rotatable bonds is 1. The van der Waals surface area contributed by atoms with Gasteiger partial charge in [-0.1, -0.05) is 6.42 Å². The van der Waals surface area contributed by atoms with Crippen LogP contribution in [0.15, 0.2) is 12.1 Å². The molecule has 1 aromatic carbocycles. The third-order valence-corrected chi connectivity index (χ3v) is 2.74. The minimum atomic E-state index is -1.06. The Balaban J connectivity index is 0.00000128. The van der Waals surface area contributed by atoms with Crippen LogP contribution < -0.4 is 5.32 Å². The average Bonchev–Trinajstić information content (AvgIpc) is 2.26. The Morgan fingerprint density at radius 2 is 1.75 bits per heavy atom. The predicted octanol–water partition coefficient (Wildman–Crippen LogP) is 3.34. The molecule has 1 saturated heterocycles. The summed E-state index contributed by atoms with van der Waals surface area (Å²) in [6.07, 6.45) is 2.55. The largest absolute Gasteiger partial charge is 0.310 e. The normalized spacial score (nSPS) is 20.3. The summed E-state index contributed by atoms with van der Waals surface area (Å²) in [6, 6.07) is 1.40. The van der Waals surface area contributed by atoms with Gasteiger partial charge in [0.25, 0.3) is 0 Å². The Labute approximate surface area is 98.4 Å². The predicted molar refractivity (Wildman–Crippen MR) is 58.2 cm³/mol. The molecule has 1 N–H and O–H groups in total. The Morgan fingerprint density at radius 1 is 1.06 bits per heavy atom. The van der Waals surface area contributed by atoms with Crippen molar-refractivity contribution in [3.05, 3.63) is 35.1 Å². The Hall–Kier alpha value is -0.740. The van der Waals surface area contributed by atoms with Gasteiger partial charge in [0.15, 0.2) is 11.6 Å². The molecule has 1 aliphatic rings. The first-order chi connectivity index (χ1) is 7.20. The standard InChI is InChI=1S/C11H12F3N.ClH/c12-7-4-5-8(13)11(14)10(7)9-3-1-2-6-15-9;/h4-5,9,15H,1-3,6H2;1H/t9-;/m1./s1. The summed E-state index contributed by atoms with van der Waals surface area (Å²) in [4.78, 5) is 0. The maximum Gasteiger partial charge on any atom is 0.166 e. The first-order valence-corrected chi connectivity index (χ1v) is 5.07. The van der Waals surface area contributed by atoms with Gasteiger partial charge in [-0.15, -0.1) is 12.4 Å². The number of benzene rings is 1. The van der Waals surface area contributed by atoms with Crippen molar-refractivity contribution in [3.63, 3.8) is 0 Å². The highest BCUT2D eigenvalue weighted by molar-refractivity contribution is 5.85. The monoisotopic (exact) mass is 251 g/mol. The lowest BCUT2D eigenvalue weighted by Gasteiger charge is -2.24. The molecule has 1 atom stereocenters. The molecule has 0 aromatic heterocycles. The zero-order chi connectivity index (χ0) is 10.8. The summed E-state index contributed by atoms with van der Waals surface area (Å²) in [5, 5.41) is 3.00. The molecule has 0 radical (unpaired) electrons. The van der Waals surface area contributed by atoms with Crippen molar-refractivity contribution >= 4 is 12.4 Å². The van der Waals surface area contributed by atoms with Crippen molar-refractivity contribution in [1.82, 2.24) is 5.32 Å². The molecule has 1 aromatic rings. The highest BCUT2D eigenvalue weighted by Crippen LogP contribution is 2.28. The minimum absolute atomic E-state index is 0. The van der Waals surface area contributed by atoms with Crippen LogP contribution in [0.1, 0.15) is 30.9 Å². The molecular weight excluding hydrogens is 239 g/mol. The van der Waals surface area contributed by atoms with Crippen LogP contribution in [0, 0.1) is 17.5 Å². The van der Waals surface area contributed by atoms with E-state index in [-0.39, 0.29) is 18.0 Å². The van der Waals surface area contributed by atoms with E-state index in [1.165, 1.54) is 0 Å².